The zero-order chi connectivity index (χ0) is 16.3. The van der Waals surface area contributed by atoms with Crippen molar-refractivity contribution in [2.24, 2.45) is 0 Å². The van der Waals surface area contributed by atoms with E-state index in [4.69, 9.17) is 9.84 Å². The van der Waals surface area contributed by atoms with Gasteiger partial charge in [0.15, 0.2) is 0 Å². The summed E-state index contributed by atoms with van der Waals surface area (Å²) in [4.78, 5) is 6.91. The molecule has 0 atom stereocenters. The van der Waals surface area contributed by atoms with Crippen LogP contribution in [0, 0.1) is 0 Å². The molecule has 0 saturated heterocycles. The van der Waals surface area contributed by atoms with Crippen molar-refractivity contribution in [3.63, 3.8) is 0 Å². The van der Waals surface area contributed by atoms with Crippen LogP contribution in [-0.4, -0.2) is 15.1 Å². The van der Waals surface area contributed by atoms with Crippen LogP contribution in [0.5, 0.6) is 11.6 Å². The Morgan fingerprint density at radius 3 is 2.32 bits per heavy atom. The molecular formula is C13H9F5N2O2. The zero-order valence-corrected chi connectivity index (χ0v) is 10.8. The minimum atomic E-state index is -4.62. The summed E-state index contributed by atoms with van der Waals surface area (Å²) in [5, 5.41) is 8.98. The van der Waals surface area contributed by atoms with Crippen molar-refractivity contribution < 1.29 is 31.8 Å². The largest absolute Gasteiger partial charge is 0.437 e. The molecule has 4 nitrogen and oxygen atoms in total. The summed E-state index contributed by atoms with van der Waals surface area (Å²) in [6, 6.07) is 2.66. The van der Waals surface area contributed by atoms with Gasteiger partial charge in [-0.1, -0.05) is 0 Å². The number of hydrogen-bond acceptors (Lipinski definition) is 4. The van der Waals surface area contributed by atoms with Crippen LogP contribution in [0.2, 0.25) is 0 Å². The molecular weight excluding hydrogens is 311 g/mol. The van der Waals surface area contributed by atoms with Crippen molar-refractivity contribution in [2.45, 2.75) is 19.2 Å². The third-order valence-corrected chi connectivity index (χ3v) is 2.57. The second-order valence-electron chi connectivity index (χ2n) is 4.20. The Bertz CT molecular complexity index is 644. The number of rotatable bonds is 4. The van der Waals surface area contributed by atoms with E-state index in [2.05, 4.69) is 9.97 Å². The lowest BCUT2D eigenvalue weighted by Gasteiger charge is -2.11. The summed E-state index contributed by atoms with van der Waals surface area (Å²) in [6.07, 6.45) is -5.79. The molecule has 1 heterocycles. The minimum Gasteiger partial charge on any atom is -0.437 e. The van der Waals surface area contributed by atoms with Gasteiger partial charge in [0.05, 0.1) is 24.6 Å². The number of benzene rings is 1. The van der Waals surface area contributed by atoms with Gasteiger partial charge in [-0.15, -0.1) is 0 Å². The summed E-state index contributed by atoms with van der Waals surface area (Å²) < 4.78 is 67.8. The Labute approximate surface area is 121 Å². The monoisotopic (exact) mass is 320 g/mol. The number of ether oxygens (including phenoxy) is 1. The normalized spacial score (nSPS) is 11.8. The standard InChI is InChI=1S/C13H9F5N2O2/c14-12(15)10-4-20-11(5-19-10)22-9-2-7(6-21)1-8(3-9)13(16,17)18/h1-5,12,21H,6H2. The summed E-state index contributed by atoms with van der Waals surface area (Å²) >= 11 is 0. The van der Waals surface area contributed by atoms with Crippen molar-refractivity contribution in [1.29, 1.82) is 0 Å². The van der Waals surface area contributed by atoms with Crippen LogP contribution in [0.4, 0.5) is 22.0 Å². The molecule has 9 heteroatoms. The SMILES string of the molecule is OCc1cc(Oc2cnc(C(F)F)cn2)cc(C(F)(F)F)c1. The maximum atomic E-state index is 12.7. The molecule has 0 aliphatic heterocycles. The molecule has 0 radical (unpaired) electrons. The molecule has 1 aromatic carbocycles. The summed E-state index contributed by atoms with van der Waals surface area (Å²) in [7, 11) is 0. The van der Waals surface area contributed by atoms with Gasteiger partial charge in [-0.2, -0.15) is 13.2 Å². The number of alkyl halides is 5. The Morgan fingerprint density at radius 2 is 1.82 bits per heavy atom. The first-order valence-corrected chi connectivity index (χ1v) is 5.89. The van der Waals surface area contributed by atoms with E-state index in [0.717, 1.165) is 18.5 Å². The molecule has 1 aromatic heterocycles. The fourth-order valence-corrected chi connectivity index (χ4v) is 1.59. The van der Waals surface area contributed by atoms with Crippen molar-refractivity contribution in [3.8, 4) is 11.6 Å². The summed E-state index contributed by atoms with van der Waals surface area (Å²) in [5.74, 6) is -0.481. The Hall–Kier alpha value is -2.29. The van der Waals surface area contributed by atoms with Gasteiger partial charge in [0.2, 0.25) is 5.88 Å². The Morgan fingerprint density at radius 1 is 1.09 bits per heavy atom. The summed E-state index contributed by atoms with van der Waals surface area (Å²) in [5.41, 5.74) is -1.60. The van der Waals surface area contributed by atoms with Gasteiger partial charge in [0.1, 0.15) is 11.4 Å². The van der Waals surface area contributed by atoms with Crippen LogP contribution in [0.15, 0.2) is 30.6 Å². The third kappa shape index (κ3) is 3.88. The second kappa shape index (κ2) is 6.22. The van der Waals surface area contributed by atoms with Crippen LogP contribution < -0.4 is 4.74 Å². The smallest absolute Gasteiger partial charge is 0.416 e. The van der Waals surface area contributed by atoms with E-state index in [1.165, 1.54) is 6.07 Å². The average Bonchev–Trinajstić information content (AvgIpc) is 2.46. The highest BCUT2D eigenvalue weighted by atomic mass is 19.4. The number of aliphatic hydroxyl groups excluding tert-OH is 1. The molecule has 1 N–H and O–H groups in total. The lowest BCUT2D eigenvalue weighted by atomic mass is 10.1. The number of nitrogens with zero attached hydrogens (tertiary/aromatic N) is 2. The van der Waals surface area contributed by atoms with Gasteiger partial charge in [-0.25, -0.2) is 18.7 Å². The lowest BCUT2D eigenvalue weighted by molar-refractivity contribution is -0.137. The molecule has 0 unspecified atom stereocenters. The molecule has 0 aliphatic carbocycles. The van der Waals surface area contributed by atoms with Gasteiger partial charge in [-0.05, 0) is 23.8 Å². The predicted molar refractivity (Wildman–Crippen MR) is 64.4 cm³/mol. The highest BCUT2D eigenvalue weighted by Gasteiger charge is 2.31. The van der Waals surface area contributed by atoms with E-state index < -0.39 is 30.5 Å². The van der Waals surface area contributed by atoms with Crippen molar-refractivity contribution in [3.05, 3.63) is 47.4 Å². The molecule has 0 bridgehead atoms. The molecule has 2 aromatic rings. The predicted octanol–water partition coefficient (Wildman–Crippen LogP) is 3.72. The fourth-order valence-electron chi connectivity index (χ4n) is 1.59. The van der Waals surface area contributed by atoms with Gasteiger partial charge in [0.25, 0.3) is 6.43 Å². The van der Waals surface area contributed by atoms with Gasteiger partial charge in [-0.3, -0.25) is 0 Å². The van der Waals surface area contributed by atoms with E-state index in [-0.39, 0.29) is 17.2 Å². The number of aromatic nitrogens is 2. The Kier molecular flexibility index (Phi) is 4.55. The maximum absolute atomic E-state index is 12.7. The topological polar surface area (TPSA) is 55.2 Å². The van der Waals surface area contributed by atoms with E-state index >= 15 is 0 Å². The van der Waals surface area contributed by atoms with Crippen molar-refractivity contribution in [1.82, 2.24) is 9.97 Å². The van der Waals surface area contributed by atoms with Gasteiger partial charge >= 0.3 is 6.18 Å². The van der Waals surface area contributed by atoms with Crippen LogP contribution in [0.1, 0.15) is 23.2 Å². The van der Waals surface area contributed by atoms with E-state index in [1.807, 2.05) is 0 Å². The molecule has 0 spiro atoms. The van der Waals surface area contributed by atoms with Gasteiger partial charge < -0.3 is 9.84 Å². The van der Waals surface area contributed by atoms with Gasteiger partial charge in [0, 0.05) is 0 Å². The van der Waals surface area contributed by atoms with Crippen molar-refractivity contribution in [2.75, 3.05) is 0 Å². The first kappa shape index (κ1) is 16.1. The van der Waals surface area contributed by atoms with E-state index in [0.29, 0.717) is 6.07 Å². The third-order valence-electron chi connectivity index (χ3n) is 2.57. The zero-order valence-electron chi connectivity index (χ0n) is 10.8. The van der Waals surface area contributed by atoms with Crippen LogP contribution >= 0.6 is 0 Å². The lowest BCUT2D eigenvalue weighted by Crippen LogP contribution is -2.06. The molecule has 0 fully saturated rings. The molecule has 22 heavy (non-hydrogen) atoms. The van der Waals surface area contributed by atoms with Crippen LogP contribution in [-0.2, 0) is 12.8 Å². The molecule has 2 rings (SSSR count). The molecule has 0 amide bonds. The second-order valence-corrected chi connectivity index (χ2v) is 4.20. The van der Waals surface area contributed by atoms with E-state index in [9.17, 15) is 22.0 Å². The molecule has 0 aliphatic rings. The Balaban J connectivity index is 2.28. The fraction of sp³-hybridized carbons (Fsp3) is 0.231. The minimum absolute atomic E-state index is 0.0121. The van der Waals surface area contributed by atoms with E-state index in [1.54, 1.807) is 0 Å². The summed E-state index contributed by atoms with van der Waals surface area (Å²) in [6.45, 7) is -0.615. The van der Waals surface area contributed by atoms with Crippen molar-refractivity contribution >= 4 is 0 Å². The first-order chi connectivity index (χ1) is 10.3. The maximum Gasteiger partial charge on any atom is 0.416 e. The van der Waals surface area contributed by atoms with Crippen LogP contribution in [0.3, 0.4) is 0 Å². The number of hydrogen-bond donors (Lipinski definition) is 1. The molecule has 0 saturated carbocycles. The van der Waals surface area contributed by atoms with Crippen LogP contribution in [0.25, 0.3) is 0 Å². The highest BCUT2D eigenvalue weighted by molar-refractivity contribution is 5.37. The molecule has 118 valence electrons. The number of aliphatic hydroxyl groups is 1. The highest BCUT2D eigenvalue weighted by Crippen LogP contribution is 2.33. The quantitative estimate of drug-likeness (QED) is 0.873. The average molecular weight is 320 g/mol. The number of halogens is 5. The first-order valence-electron chi connectivity index (χ1n) is 5.89.